The molecule has 0 bridgehead atoms. The summed E-state index contributed by atoms with van der Waals surface area (Å²) in [7, 11) is 0. The maximum absolute atomic E-state index is 6.01. The van der Waals surface area contributed by atoms with Crippen LogP contribution in [0.3, 0.4) is 0 Å². The van der Waals surface area contributed by atoms with Crippen molar-refractivity contribution in [3.63, 3.8) is 0 Å². The molecule has 0 aliphatic carbocycles. The maximum atomic E-state index is 6.01. The van der Waals surface area contributed by atoms with Crippen LogP contribution < -0.4 is 15.4 Å². The Hall–Kier alpha value is -1.22. The zero-order chi connectivity index (χ0) is 12.4. The van der Waals surface area contributed by atoms with Crippen molar-refractivity contribution in [2.45, 2.75) is 26.2 Å². The summed E-state index contributed by atoms with van der Waals surface area (Å²) in [5.41, 5.74) is 2.95. The lowest BCUT2D eigenvalue weighted by atomic mass is 9.84. The molecule has 0 saturated carbocycles. The molecule has 2 aliphatic heterocycles. The highest BCUT2D eigenvalue weighted by molar-refractivity contribution is 5.57. The zero-order valence-electron chi connectivity index (χ0n) is 11.1. The van der Waals surface area contributed by atoms with Crippen LogP contribution in [0.15, 0.2) is 18.2 Å². The molecule has 0 radical (unpaired) electrons. The summed E-state index contributed by atoms with van der Waals surface area (Å²) in [4.78, 5) is 0. The van der Waals surface area contributed by atoms with Crippen molar-refractivity contribution < 1.29 is 4.74 Å². The Balaban J connectivity index is 1.62. The highest BCUT2D eigenvalue weighted by atomic mass is 16.5. The molecule has 0 amide bonds. The van der Waals surface area contributed by atoms with Gasteiger partial charge in [0, 0.05) is 24.2 Å². The van der Waals surface area contributed by atoms with Gasteiger partial charge in [0.1, 0.15) is 5.75 Å². The molecule has 18 heavy (non-hydrogen) atoms. The third-order valence-corrected chi connectivity index (χ3v) is 4.06. The van der Waals surface area contributed by atoms with Crippen LogP contribution in [-0.4, -0.2) is 26.2 Å². The SMILES string of the molecule is CC1(COc2ccc3c(c2)CCN3)CCCNC1. The van der Waals surface area contributed by atoms with Gasteiger partial charge in [0.2, 0.25) is 0 Å². The summed E-state index contributed by atoms with van der Waals surface area (Å²) < 4.78 is 6.01. The number of nitrogens with one attached hydrogen (secondary N) is 2. The number of anilines is 1. The first kappa shape index (κ1) is 11.8. The number of fused-ring (bicyclic) bond motifs is 1. The number of rotatable bonds is 3. The van der Waals surface area contributed by atoms with Gasteiger partial charge in [0.05, 0.1) is 6.61 Å². The Kier molecular flexibility index (Phi) is 3.16. The summed E-state index contributed by atoms with van der Waals surface area (Å²) >= 11 is 0. The minimum Gasteiger partial charge on any atom is -0.493 e. The van der Waals surface area contributed by atoms with Gasteiger partial charge in [-0.25, -0.2) is 0 Å². The van der Waals surface area contributed by atoms with Gasteiger partial charge < -0.3 is 15.4 Å². The molecule has 2 N–H and O–H groups in total. The molecular weight excluding hydrogens is 224 g/mol. The predicted molar refractivity (Wildman–Crippen MR) is 74.3 cm³/mol. The van der Waals surface area contributed by atoms with Crippen LogP contribution in [0.1, 0.15) is 25.3 Å². The van der Waals surface area contributed by atoms with Crippen molar-refractivity contribution in [2.24, 2.45) is 5.41 Å². The fourth-order valence-corrected chi connectivity index (χ4v) is 2.87. The molecule has 2 heterocycles. The molecule has 2 aliphatic rings. The standard InChI is InChI=1S/C15H22N2O/c1-15(6-2-7-16-10-15)11-18-13-3-4-14-12(9-13)5-8-17-14/h3-4,9,16-17H,2,5-8,10-11H2,1H3. The first-order valence-electron chi connectivity index (χ1n) is 6.96. The lowest BCUT2D eigenvalue weighted by molar-refractivity contribution is 0.129. The smallest absolute Gasteiger partial charge is 0.119 e. The Morgan fingerprint density at radius 3 is 3.11 bits per heavy atom. The van der Waals surface area contributed by atoms with Gasteiger partial charge in [-0.2, -0.15) is 0 Å². The van der Waals surface area contributed by atoms with E-state index in [1.807, 2.05) is 0 Å². The first-order valence-corrected chi connectivity index (χ1v) is 6.96. The Labute approximate surface area is 109 Å². The minimum atomic E-state index is 0.287. The lowest BCUT2D eigenvalue weighted by Crippen LogP contribution is -2.41. The fourth-order valence-electron chi connectivity index (χ4n) is 2.87. The van der Waals surface area contributed by atoms with E-state index in [9.17, 15) is 0 Å². The van der Waals surface area contributed by atoms with Gasteiger partial charge in [-0.3, -0.25) is 0 Å². The average Bonchev–Trinajstić information content (AvgIpc) is 2.85. The number of hydrogen-bond donors (Lipinski definition) is 2. The van der Waals surface area contributed by atoms with Crippen molar-refractivity contribution in [1.82, 2.24) is 5.32 Å². The van der Waals surface area contributed by atoms with E-state index in [1.54, 1.807) is 0 Å². The Morgan fingerprint density at radius 2 is 2.28 bits per heavy atom. The molecule has 1 aromatic rings. The highest BCUT2D eigenvalue weighted by Crippen LogP contribution is 2.29. The van der Waals surface area contributed by atoms with Crippen molar-refractivity contribution in [3.8, 4) is 5.75 Å². The molecule has 0 aromatic heterocycles. The van der Waals surface area contributed by atoms with Crippen LogP contribution in [0, 0.1) is 5.41 Å². The Morgan fingerprint density at radius 1 is 1.33 bits per heavy atom. The number of piperidine rings is 1. The summed E-state index contributed by atoms with van der Waals surface area (Å²) in [5.74, 6) is 1.02. The van der Waals surface area contributed by atoms with Gasteiger partial charge in [0.25, 0.3) is 0 Å². The Bertz CT molecular complexity index is 425. The van der Waals surface area contributed by atoms with E-state index in [4.69, 9.17) is 4.74 Å². The van der Waals surface area contributed by atoms with Gasteiger partial charge in [-0.1, -0.05) is 6.92 Å². The second-order valence-corrected chi connectivity index (χ2v) is 5.88. The topological polar surface area (TPSA) is 33.3 Å². The summed E-state index contributed by atoms with van der Waals surface area (Å²) in [6.45, 7) is 6.40. The van der Waals surface area contributed by atoms with Crippen molar-refractivity contribution in [1.29, 1.82) is 0 Å². The van der Waals surface area contributed by atoms with Crippen molar-refractivity contribution in [2.75, 3.05) is 31.6 Å². The normalized spacial score (nSPS) is 26.5. The molecule has 1 saturated heterocycles. The van der Waals surface area contributed by atoms with Gasteiger partial charge in [-0.15, -0.1) is 0 Å². The van der Waals surface area contributed by atoms with E-state index in [2.05, 4.69) is 35.8 Å². The van der Waals surface area contributed by atoms with E-state index in [0.717, 1.165) is 38.4 Å². The monoisotopic (exact) mass is 246 g/mol. The van der Waals surface area contributed by atoms with E-state index >= 15 is 0 Å². The number of benzene rings is 1. The van der Waals surface area contributed by atoms with E-state index in [0.29, 0.717) is 0 Å². The van der Waals surface area contributed by atoms with Crippen LogP contribution in [-0.2, 0) is 6.42 Å². The second-order valence-electron chi connectivity index (χ2n) is 5.88. The zero-order valence-corrected chi connectivity index (χ0v) is 11.1. The molecule has 1 unspecified atom stereocenters. The predicted octanol–water partition coefficient (Wildman–Crippen LogP) is 2.42. The van der Waals surface area contributed by atoms with Crippen molar-refractivity contribution >= 4 is 5.69 Å². The number of hydrogen-bond acceptors (Lipinski definition) is 3. The van der Waals surface area contributed by atoms with Gasteiger partial charge in [-0.05, 0) is 49.6 Å². The van der Waals surface area contributed by atoms with Crippen LogP contribution >= 0.6 is 0 Å². The van der Waals surface area contributed by atoms with Crippen LogP contribution in [0.5, 0.6) is 5.75 Å². The molecule has 1 fully saturated rings. The van der Waals surface area contributed by atoms with Crippen LogP contribution in [0.2, 0.25) is 0 Å². The van der Waals surface area contributed by atoms with Gasteiger partial charge in [0.15, 0.2) is 0 Å². The fraction of sp³-hybridized carbons (Fsp3) is 0.600. The molecule has 3 nitrogen and oxygen atoms in total. The van der Waals surface area contributed by atoms with E-state index < -0.39 is 0 Å². The van der Waals surface area contributed by atoms with Crippen LogP contribution in [0.25, 0.3) is 0 Å². The highest BCUT2D eigenvalue weighted by Gasteiger charge is 2.27. The minimum absolute atomic E-state index is 0.287. The van der Waals surface area contributed by atoms with Crippen LogP contribution in [0.4, 0.5) is 5.69 Å². The molecule has 3 heteroatoms. The van der Waals surface area contributed by atoms with Crippen molar-refractivity contribution in [3.05, 3.63) is 23.8 Å². The third-order valence-electron chi connectivity index (χ3n) is 4.06. The summed E-state index contributed by atoms with van der Waals surface area (Å²) in [6.07, 6.45) is 3.63. The number of ether oxygens (including phenoxy) is 1. The molecular formula is C15H22N2O. The first-order chi connectivity index (χ1) is 8.75. The molecule has 0 spiro atoms. The second kappa shape index (κ2) is 4.81. The summed E-state index contributed by atoms with van der Waals surface area (Å²) in [5, 5.41) is 6.84. The maximum Gasteiger partial charge on any atom is 0.119 e. The lowest BCUT2D eigenvalue weighted by Gasteiger charge is -2.33. The quantitative estimate of drug-likeness (QED) is 0.859. The summed E-state index contributed by atoms with van der Waals surface area (Å²) in [6, 6.07) is 6.41. The molecule has 1 atom stereocenters. The average molecular weight is 246 g/mol. The van der Waals surface area contributed by atoms with Gasteiger partial charge >= 0.3 is 0 Å². The molecule has 98 valence electrons. The largest absolute Gasteiger partial charge is 0.493 e. The van der Waals surface area contributed by atoms with E-state index in [1.165, 1.54) is 24.1 Å². The van der Waals surface area contributed by atoms with E-state index in [-0.39, 0.29) is 5.41 Å². The molecule has 3 rings (SSSR count). The third kappa shape index (κ3) is 2.46. The molecule has 1 aromatic carbocycles.